The molecule has 2 nitrogen and oxygen atoms in total. The Hall–Kier alpha value is -1.75. The van der Waals surface area contributed by atoms with Gasteiger partial charge in [-0.15, -0.1) is 0 Å². The van der Waals surface area contributed by atoms with E-state index >= 15 is 0 Å². The van der Waals surface area contributed by atoms with Crippen LogP contribution in [0.5, 0.6) is 5.75 Å². The molecule has 0 unspecified atom stereocenters. The first-order valence-electron chi connectivity index (χ1n) is 3.74. The number of hydrogen-bond acceptors (Lipinski definition) is 2. The molecule has 0 aliphatic carbocycles. The molecule has 0 radical (unpaired) electrons. The normalized spacial score (nSPS) is 13.8. The molecule has 0 bridgehead atoms. The Morgan fingerprint density at radius 2 is 2.17 bits per heavy atom. The molecule has 1 aliphatic rings. The first-order valence-corrected chi connectivity index (χ1v) is 3.74. The van der Waals surface area contributed by atoms with Crippen LogP contribution < -0.4 is 4.74 Å². The van der Waals surface area contributed by atoms with Crippen LogP contribution in [-0.4, -0.2) is 0 Å². The second kappa shape index (κ2) is 2.71. The molecule has 1 aromatic rings. The predicted octanol–water partition coefficient (Wildman–Crippen LogP) is 2.03. The van der Waals surface area contributed by atoms with E-state index in [1.807, 2.05) is 24.3 Å². The van der Waals surface area contributed by atoms with Crippen LogP contribution in [0.2, 0.25) is 0 Å². The molecule has 0 atom stereocenters. The number of nitriles is 1. The molecule has 2 rings (SSSR count). The van der Waals surface area contributed by atoms with Crippen LogP contribution >= 0.6 is 0 Å². The van der Waals surface area contributed by atoms with Crippen molar-refractivity contribution in [2.24, 2.45) is 0 Å². The number of hydrogen-bond donors (Lipinski definition) is 0. The maximum atomic E-state index is 8.62. The van der Waals surface area contributed by atoms with E-state index < -0.39 is 0 Å². The van der Waals surface area contributed by atoms with Gasteiger partial charge >= 0.3 is 0 Å². The molecule has 0 fully saturated rings. The third-order valence-electron chi connectivity index (χ3n) is 1.83. The van der Waals surface area contributed by atoms with Gasteiger partial charge in [-0.1, -0.05) is 18.2 Å². The lowest BCUT2D eigenvalue weighted by molar-refractivity contribution is 0.460. The highest BCUT2D eigenvalue weighted by molar-refractivity contribution is 5.42. The lowest BCUT2D eigenvalue weighted by atomic mass is 10.0. The Morgan fingerprint density at radius 3 is 3.00 bits per heavy atom. The van der Waals surface area contributed by atoms with Gasteiger partial charge in [0.2, 0.25) is 0 Å². The quantitative estimate of drug-likeness (QED) is 0.577. The summed E-state index contributed by atoms with van der Waals surface area (Å²) in [7, 11) is 0. The largest absolute Gasteiger partial charge is 0.464 e. The fourth-order valence-corrected chi connectivity index (χ4v) is 1.21. The topological polar surface area (TPSA) is 33.0 Å². The Balaban J connectivity index is 2.38. The molecule has 0 saturated carbocycles. The van der Waals surface area contributed by atoms with E-state index in [-0.39, 0.29) is 0 Å². The summed E-state index contributed by atoms with van der Waals surface area (Å²) >= 11 is 0. The van der Waals surface area contributed by atoms with E-state index in [9.17, 15) is 0 Å². The van der Waals surface area contributed by atoms with Crippen molar-refractivity contribution in [2.45, 2.75) is 6.42 Å². The minimum atomic E-state index is 0.675. The second-order valence-corrected chi connectivity index (χ2v) is 2.66. The highest BCUT2D eigenvalue weighted by Gasteiger charge is 2.10. The lowest BCUT2D eigenvalue weighted by Gasteiger charge is -2.12. The van der Waals surface area contributed by atoms with Gasteiger partial charge in [-0.3, -0.25) is 0 Å². The van der Waals surface area contributed by atoms with Crippen molar-refractivity contribution in [2.75, 3.05) is 0 Å². The van der Waals surface area contributed by atoms with Crippen molar-refractivity contribution >= 4 is 0 Å². The fraction of sp³-hybridized carbons (Fsp3) is 0.100. The minimum absolute atomic E-state index is 0.675. The third kappa shape index (κ3) is 1.06. The van der Waals surface area contributed by atoms with E-state index in [1.54, 1.807) is 0 Å². The average molecular weight is 157 g/mol. The van der Waals surface area contributed by atoms with Crippen molar-refractivity contribution in [1.82, 2.24) is 0 Å². The first-order chi connectivity index (χ1) is 5.90. The minimum Gasteiger partial charge on any atom is -0.464 e. The molecule has 0 amide bonds. The standard InChI is InChI=1S/C10H7NO/c11-6-8-5-9-3-1-2-4-10(9)12-7-8/h1-4,7H,5H2. The number of rotatable bonds is 0. The molecule has 1 aliphatic heterocycles. The summed E-state index contributed by atoms with van der Waals surface area (Å²) in [6.07, 6.45) is 2.20. The van der Waals surface area contributed by atoms with Gasteiger partial charge in [0.25, 0.3) is 0 Å². The molecule has 58 valence electrons. The van der Waals surface area contributed by atoms with Crippen molar-refractivity contribution in [3.05, 3.63) is 41.7 Å². The molecule has 1 heterocycles. The molecule has 0 aromatic heterocycles. The zero-order valence-electron chi connectivity index (χ0n) is 6.45. The monoisotopic (exact) mass is 157 g/mol. The molecule has 12 heavy (non-hydrogen) atoms. The summed E-state index contributed by atoms with van der Waals surface area (Å²) in [5.74, 6) is 0.858. The van der Waals surface area contributed by atoms with Crippen molar-refractivity contribution in [3.63, 3.8) is 0 Å². The van der Waals surface area contributed by atoms with E-state index in [4.69, 9.17) is 10.00 Å². The Labute approximate surface area is 70.7 Å². The highest BCUT2D eigenvalue weighted by atomic mass is 16.5. The number of ether oxygens (including phenoxy) is 1. The van der Waals surface area contributed by atoms with Crippen LogP contribution in [0.25, 0.3) is 0 Å². The molecule has 1 aromatic carbocycles. The zero-order valence-corrected chi connectivity index (χ0v) is 6.45. The molecule has 2 heteroatoms. The molecule has 0 spiro atoms. The van der Waals surface area contributed by atoms with Crippen LogP contribution in [0.1, 0.15) is 5.56 Å². The molecule has 0 saturated heterocycles. The van der Waals surface area contributed by atoms with E-state index in [2.05, 4.69) is 6.07 Å². The number of para-hydroxylation sites is 1. The molecule has 0 N–H and O–H groups in total. The van der Waals surface area contributed by atoms with Gasteiger partial charge in [-0.05, 0) is 11.6 Å². The smallest absolute Gasteiger partial charge is 0.130 e. The summed E-state index contributed by atoms with van der Waals surface area (Å²) in [4.78, 5) is 0. The van der Waals surface area contributed by atoms with Crippen LogP contribution in [-0.2, 0) is 6.42 Å². The summed E-state index contributed by atoms with van der Waals surface area (Å²) in [5.41, 5.74) is 1.75. The molecular weight excluding hydrogens is 150 g/mol. The highest BCUT2D eigenvalue weighted by Crippen LogP contribution is 2.25. The van der Waals surface area contributed by atoms with E-state index in [0.29, 0.717) is 12.0 Å². The maximum absolute atomic E-state index is 8.62. The van der Waals surface area contributed by atoms with Gasteiger partial charge < -0.3 is 4.74 Å². The van der Waals surface area contributed by atoms with Gasteiger partial charge in [-0.25, -0.2) is 0 Å². The van der Waals surface area contributed by atoms with Gasteiger partial charge in [0.05, 0.1) is 11.6 Å². The van der Waals surface area contributed by atoms with Crippen molar-refractivity contribution in [1.29, 1.82) is 5.26 Å². The number of benzene rings is 1. The van der Waals surface area contributed by atoms with Crippen molar-refractivity contribution < 1.29 is 4.74 Å². The lowest BCUT2D eigenvalue weighted by Crippen LogP contribution is -2.00. The maximum Gasteiger partial charge on any atom is 0.130 e. The Morgan fingerprint density at radius 1 is 1.33 bits per heavy atom. The Kier molecular flexibility index (Phi) is 1.56. The summed E-state index contributed by atoms with van der Waals surface area (Å²) in [5, 5.41) is 8.62. The van der Waals surface area contributed by atoms with Gasteiger partial charge in [0.1, 0.15) is 12.0 Å². The number of nitrogens with zero attached hydrogens (tertiary/aromatic N) is 1. The number of allylic oxidation sites excluding steroid dienone is 1. The van der Waals surface area contributed by atoms with Crippen LogP contribution in [0.4, 0.5) is 0 Å². The predicted molar refractivity (Wildman–Crippen MR) is 44.5 cm³/mol. The average Bonchev–Trinajstić information content (AvgIpc) is 2.17. The van der Waals surface area contributed by atoms with Crippen LogP contribution in [0.15, 0.2) is 36.1 Å². The van der Waals surface area contributed by atoms with Gasteiger partial charge in [0.15, 0.2) is 0 Å². The molecular formula is C10H7NO. The first kappa shape index (κ1) is 6.93. The summed E-state index contributed by atoms with van der Waals surface area (Å²) < 4.78 is 5.24. The SMILES string of the molecule is N#CC1=COc2ccccc2C1. The van der Waals surface area contributed by atoms with Crippen molar-refractivity contribution in [3.8, 4) is 11.8 Å². The van der Waals surface area contributed by atoms with Crippen LogP contribution in [0.3, 0.4) is 0 Å². The fourth-order valence-electron chi connectivity index (χ4n) is 1.21. The van der Waals surface area contributed by atoms with Crippen LogP contribution in [0, 0.1) is 11.3 Å². The van der Waals surface area contributed by atoms with E-state index in [1.165, 1.54) is 6.26 Å². The Bertz CT molecular complexity index is 374. The summed E-state index contributed by atoms with van der Waals surface area (Å²) in [6, 6.07) is 9.82. The summed E-state index contributed by atoms with van der Waals surface area (Å²) in [6.45, 7) is 0. The number of fused-ring (bicyclic) bond motifs is 1. The van der Waals surface area contributed by atoms with Gasteiger partial charge in [0, 0.05) is 6.42 Å². The zero-order chi connectivity index (χ0) is 8.39. The third-order valence-corrected chi connectivity index (χ3v) is 1.83. The second-order valence-electron chi connectivity index (χ2n) is 2.66. The van der Waals surface area contributed by atoms with E-state index in [0.717, 1.165) is 11.3 Å². The van der Waals surface area contributed by atoms with Gasteiger partial charge in [-0.2, -0.15) is 5.26 Å².